The lowest BCUT2D eigenvalue weighted by Crippen LogP contribution is -2.13. The highest BCUT2D eigenvalue weighted by atomic mass is 19.1. The van der Waals surface area contributed by atoms with Gasteiger partial charge in [-0.05, 0) is 61.9 Å². The van der Waals surface area contributed by atoms with Crippen LogP contribution in [0.5, 0.6) is 0 Å². The van der Waals surface area contributed by atoms with Crippen molar-refractivity contribution in [3.05, 3.63) is 70.0 Å². The summed E-state index contributed by atoms with van der Waals surface area (Å²) in [5, 5.41) is 0. The van der Waals surface area contributed by atoms with Gasteiger partial charge in [0.1, 0.15) is 5.82 Å². The Hall–Kier alpha value is -2.07. The zero-order valence-corrected chi connectivity index (χ0v) is 12.5. The fourth-order valence-corrected chi connectivity index (χ4v) is 2.76. The van der Waals surface area contributed by atoms with Gasteiger partial charge in [-0.2, -0.15) is 0 Å². The molecule has 21 heavy (non-hydrogen) atoms. The zero-order valence-electron chi connectivity index (χ0n) is 12.5. The van der Waals surface area contributed by atoms with Gasteiger partial charge in [0.05, 0.1) is 5.56 Å². The maximum Gasteiger partial charge on any atom is 0.142 e. The summed E-state index contributed by atoms with van der Waals surface area (Å²) in [6.45, 7) is 4.04. The van der Waals surface area contributed by atoms with Gasteiger partial charge in [0.2, 0.25) is 0 Å². The predicted molar refractivity (Wildman–Crippen MR) is 84.9 cm³/mol. The van der Waals surface area contributed by atoms with Crippen molar-refractivity contribution >= 4 is 0 Å². The van der Waals surface area contributed by atoms with E-state index in [1.165, 1.54) is 12.0 Å². The number of benzene rings is 2. The number of hydrogen-bond acceptors (Lipinski definition) is 0. The molecule has 0 spiro atoms. The Balaban J connectivity index is 1.94. The van der Waals surface area contributed by atoms with Crippen LogP contribution in [-0.2, 0) is 0 Å². The average Bonchev–Trinajstić information content (AvgIpc) is 2.42. The summed E-state index contributed by atoms with van der Waals surface area (Å²) in [6, 6.07) is 11.8. The van der Waals surface area contributed by atoms with Crippen molar-refractivity contribution in [1.82, 2.24) is 0 Å². The van der Waals surface area contributed by atoms with Gasteiger partial charge in [-0.15, -0.1) is 0 Å². The van der Waals surface area contributed by atoms with Crippen LogP contribution in [0.15, 0.2) is 36.4 Å². The molecule has 0 saturated heterocycles. The van der Waals surface area contributed by atoms with E-state index >= 15 is 0 Å². The van der Waals surface area contributed by atoms with E-state index in [-0.39, 0.29) is 5.82 Å². The van der Waals surface area contributed by atoms with E-state index in [0.717, 1.165) is 29.5 Å². The first kappa shape index (κ1) is 13.9. The standard InChI is InChI=1S/C20H19F/c1-14-6-9-16(10-7-14)11-13-18-12-8-15(2)19(20(18)21)17-4-3-5-17/h6-10,12,17H,3-5H2,1-2H3. The van der Waals surface area contributed by atoms with Crippen LogP contribution in [0.4, 0.5) is 4.39 Å². The van der Waals surface area contributed by atoms with Gasteiger partial charge in [0.25, 0.3) is 0 Å². The van der Waals surface area contributed by atoms with E-state index < -0.39 is 0 Å². The van der Waals surface area contributed by atoms with Crippen molar-refractivity contribution in [3.63, 3.8) is 0 Å². The summed E-state index contributed by atoms with van der Waals surface area (Å²) >= 11 is 0. The van der Waals surface area contributed by atoms with Crippen LogP contribution in [0.2, 0.25) is 0 Å². The molecule has 2 aromatic rings. The Kier molecular flexibility index (Phi) is 3.80. The molecule has 0 amide bonds. The molecule has 1 aliphatic rings. The minimum Gasteiger partial charge on any atom is -0.205 e. The number of hydrogen-bond donors (Lipinski definition) is 0. The lowest BCUT2D eigenvalue weighted by atomic mass is 9.77. The van der Waals surface area contributed by atoms with Gasteiger partial charge in [-0.3, -0.25) is 0 Å². The van der Waals surface area contributed by atoms with Crippen LogP contribution in [-0.4, -0.2) is 0 Å². The van der Waals surface area contributed by atoms with Crippen molar-refractivity contribution in [3.8, 4) is 11.8 Å². The summed E-state index contributed by atoms with van der Waals surface area (Å²) in [7, 11) is 0. The lowest BCUT2D eigenvalue weighted by Gasteiger charge is -2.28. The van der Waals surface area contributed by atoms with Gasteiger partial charge in [-0.1, -0.05) is 42.0 Å². The fourth-order valence-electron chi connectivity index (χ4n) is 2.76. The van der Waals surface area contributed by atoms with Gasteiger partial charge >= 0.3 is 0 Å². The third-order valence-electron chi connectivity index (χ3n) is 4.30. The highest BCUT2D eigenvalue weighted by Crippen LogP contribution is 2.39. The smallest absolute Gasteiger partial charge is 0.142 e. The summed E-state index contributed by atoms with van der Waals surface area (Å²) in [4.78, 5) is 0. The SMILES string of the molecule is Cc1ccc(C#Cc2ccc(C)c(C3CCC3)c2F)cc1. The molecule has 1 saturated carbocycles. The molecule has 2 aromatic carbocycles. The molecular formula is C20H19F. The van der Waals surface area contributed by atoms with Crippen LogP contribution in [0.1, 0.15) is 53.0 Å². The molecule has 0 N–H and O–H groups in total. The second kappa shape index (κ2) is 5.74. The Morgan fingerprint density at radius 2 is 1.67 bits per heavy atom. The third kappa shape index (κ3) is 2.85. The summed E-state index contributed by atoms with van der Waals surface area (Å²) < 4.78 is 14.7. The first-order valence-corrected chi connectivity index (χ1v) is 7.53. The van der Waals surface area contributed by atoms with Crippen LogP contribution in [0, 0.1) is 31.5 Å². The van der Waals surface area contributed by atoms with E-state index in [2.05, 4.69) is 11.8 Å². The maximum absolute atomic E-state index is 14.7. The van der Waals surface area contributed by atoms with Crippen molar-refractivity contribution in [2.75, 3.05) is 0 Å². The monoisotopic (exact) mass is 278 g/mol. The first-order valence-electron chi connectivity index (χ1n) is 7.53. The molecule has 0 heterocycles. The normalized spacial score (nSPS) is 14.2. The average molecular weight is 278 g/mol. The summed E-state index contributed by atoms with van der Waals surface area (Å²) in [6.07, 6.45) is 3.42. The second-order valence-corrected chi connectivity index (χ2v) is 5.90. The first-order chi connectivity index (χ1) is 10.1. The summed E-state index contributed by atoms with van der Waals surface area (Å²) in [5.41, 5.74) is 4.58. The molecule has 1 aliphatic carbocycles. The third-order valence-corrected chi connectivity index (χ3v) is 4.30. The number of aryl methyl sites for hydroxylation is 2. The van der Waals surface area contributed by atoms with E-state index in [4.69, 9.17) is 0 Å². The second-order valence-electron chi connectivity index (χ2n) is 5.90. The molecule has 0 nitrogen and oxygen atoms in total. The molecule has 0 aliphatic heterocycles. The molecule has 3 rings (SSSR count). The van der Waals surface area contributed by atoms with E-state index in [1.54, 1.807) is 6.07 Å². The molecule has 106 valence electrons. The van der Waals surface area contributed by atoms with Crippen molar-refractivity contribution in [2.45, 2.75) is 39.0 Å². The molecule has 0 radical (unpaired) electrons. The number of halogens is 1. The Labute approximate surface area is 126 Å². The Morgan fingerprint density at radius 3 is 2.29 bits per heavy atom. The highest BCUT2D eigenvalue weighted by Gasteiger charge is 2.25. The Morgan fingerprint density at radius 1 is 0.952 bits per heavy atom. The zero-order chi connectivity index (χ0) is 14.8. The maximum atomic E-state index is 14.7. The predicted octanol–water partition coefficient (Wildman–Crippen LogP) is 5.11. The molecule has 0 atom stereocenters. The minimum absolute atomic E-state index is 0.112. The minimum atomic E-state index is -0.112. The summed E-state index contributed by atoms with van der Waals surface area (Å²) in [5.74, 6) is 6.34. The largest absolute Gasteiger partial charge is 0.205 e. The highest BCUT2D eigenvalue weighted by molar-refractivity contribution is 5.48. The molecule has 0 aromatic heterocycles. The topological polar surface area (TPSA) is 0 Å². The van der Waals surface area contributed by atoms with Gasteiger partial charge in [-0.25, -0.2) is 4.39 Å². The van der Waals surface area contributed by atoms with E-state index in [1.807, 2.05) is 44.2 Å². The quantitative estimate of drug-likeness (QED) is 0.636. The molecule has 1 fully saturated rings. The van der Waals surface area contributed by atoms with Crippen molar-refractivity contribution in [1.29, 1.82) is 0 Å². The number of rotatable bonds is 1. The van der Waals surface area contributed by atoms with Gasteiger partial charge in [0, 0.05) is 5.56 Å². The molecule has 0 unspecified atom stereocenters. The van der Waals surface area contributed by atoms with Gasteiger partial charge in [0.15, 0.2) is 0 Å². The van der Waals surface area contributed by atoms with Gasteiger partial charge < -0.3 is 0 Å². The molecule has 1 heteroatoms. The van der Waals surface area contributed by atoms with Crippen LogP contribution in [0.3, 0.4) is 0 Å². The molecule has 0 bridgehead atoms. The van der Waals surface area contributed by atoms with Crippen LogP contribution in [0.25, 0.3) is 0 Å². The van der Waals surface area contributed by atoms with E-state index in [9.17, 15) is 4.39 Å². The van der Waals surface area contributed by atoms with E-state index in [0.29, 0.717) is 11.5 Å². The van der Waals surface area contributed by atoms with Crippen LogP contribution >= 0.6 is 0 Å². The lowest BCUT2D eigenvalue weighted by molar-refractivity contribution is 0.402. The van der Waals surface area contributed by atoms with Crippen molar-refractivity contribution in [2.24, 2.45) is 0 Å². The fraction of sp³-hybridized carbons (Fsp3) is 0.300. The van der Waals surface area contributed by atoms with Crippen LogP contribution < -0.4 is 0 Å². The molecular weight excluding hydrogens is 259 g/mol. The Bertz CT molecular complexity index is 710. The van der Waals surface area contributed by atoms with Crippen molar-refractivity contribution < 1.29 is 4.39 Å².